The fourth-order valence-corrected chi connectivity index (χ4v) is 1.45. The first-order valence-electron chi connectivity index (χ1n) is 5.20. The van der Waals surface area contributed by atoms with Crippen molar-refractivity contribution in [3.63, 3.8) is 0 Å². The van der Waals surface area contributed by atoms with Gasteiger partial charge in [0.25, 0.3) is 0 Å². The lowest BCUT2D eigenvalue weighted by Gasteiger charge is -2.12. The Balaban J connectivity index is 0.000000771. The number of nitrogens with one attached hydrogen (secondary N) is 1. The zero-order chi connectivity index (χ0) is 13.4. The van der Waals surface area contributed by atoms with Crippen molar-refractivity contribution in [2.75, 3.05) is 20.3 Å². The van der Waals surface area contributed by atoms with Gasteiger partial charge in [-0.15, -0.1) is 0 Å². The Hall–Kier alpha value is -1.39. The number of carbonyl (C=O) groups is 1. The van der Waals surface area contributed by atoms with Gasteiger partial charge < -0.3 is 19.5 Å². The van der Waals surface area contributed by atoms with E-state index in [1.807, 2.05) is 24.3 Å². The Morgan fingerprint density at radius 3 is 2.67 bits per heavy atom. The zero-order valence-corrected chi connectivity index (χ0v) is 11.7. The van der Waals surface area contributed by atoms with Gasteiger partial charge in [0.15, 0.2) is 17.6 Å². The molecule has 0 aromatic heterocycles. The van der Waals surface area contributed by atoms with Crippen molar-refractivity contribution in [1.82, 2.24) is 5.32 Å². The third-order valence-electron chi connectivity index (χ3n) is 2.24. The van der Waals surface area contributed by atoms with Crippen molar-refractivity contribution in [1.29, 1.82) is 0 Å². The topological polar surface area (TPSA) is 56.8 Å². The van der Waals surface area contributed by atoms with Crippen molar-refractivity contribution in [3.05, 3.63) is 24.3 Å². The summed E-state index contributed by atoms with van der Waals surface area (Å²) in [6.07, 6.45) is -0.633. The average Bonchev–Trinajstić information content (AvgIpc) is 2.85. The molecule has 1 fully saturated rings. The molecule has 0 saturated carbocycles. The van der Waals surface area contributed by atoms with Crippen molar-refractivity contribution >= 4 is 25.9 Å². The van der Waals surface area contributed by atoms with E-state index < -0.39 is 6.09 Å². The van der Waals surface area contributed by atoms with Crippen LogP contribution in [0.3, 0.4) is 0 Å². The van der Waals surface area contributed by atoms with Crippen LogP contribution in [-0.4, -0.2) is 32.5 Å². The van der Waals surface area contributed by atoms with Crippen LogP contribution in [0.25, 0.3) is 0 Å². The molecule has 1 aliphatic rings. The van der Waals surface area contributed by atoms with Gasteiger partial charge in [0.2, 0.25) is 0 Å². The molecule has 7 heteroatoms. The molecule has 1 unspecified atom stereocenters. The van der Waals surface area contributed by atoms with Crippen LogP contribution in [0.5, 0.6) is 11.5 Å². The number of methoxy groups -OCH3 is 1. The molecule has 0 spiro atoms. The molecule has 1 N–H and O–H groups in total. The number of carbonyl (C=O) groups excluding carboxylic acids is 1. The molecule has 5 nitrogen and oxygen atoms in total. The van der Waals surface area contributed by atoms with Gasteiger partial charge in [0.1, 0.15) is 6.61 Å². The number of benzene rings is 1. The van der Waals surface area contributed by atoms with Crippen molar-refractivity contribution < 1.29 is 19.0 Å². The van der Waals surface area contributed by atoms with E-state index in [-0.39, 0.29) is 6.10 Å². The predicted octanol–water partition coefficient (Wildman–Crippen LogP) is 1.77. The van der Waals surface area contributed by atoms with Crippen LogP contribution < -0.4 is 14.8 Å². The first kappa shape index (κ1) is 14.7. The zero-order valence-electron chi connectivity index (χ0n) is 9.84. The summed E-state index contributed by atoms with van der Waals surface area (Å²) in [5.41, 5.74) is 0. The summed E-state index contributed by atoms with van der Waals surface area (Å²) in [7, 11) is 4.14. The van der Waals surface area contributed by atoms with E-state index in [4.69, 9.17) is 14.2 Å². The highest BCUT2D eigenvalue weighted by molar-refractivity contribution is 7.88. The minimum absolute atomic E-state index is 0.239. The van der Waals surface area contributed by atoms with E-state index >= 15 is 0 Å². The highest BCUT2D eigenvalue weighted by atomic mass is 32.4. The van der Waals surface area contributed by atoms with Gasteiger partial charge in [-0.05, 0) is 20.1 Å². The maximum absolute atomic E-state index is 10.8. The normalized spacial score (nSPS) is 16.9. The van der Waals surface area contributed by atoms with Crippen LogP contribution in [0.4, 0.5) is 4.79 Å². The number of cyclic esters (lactones) is 1. The largest absolute Gasteiger partial charge is 0.493 e. The summed E-state index contributed by atoms with van der Waals surface area (Å²) in [6.45, 7) is 0.799. The number of ether oxygens (including phenoxy) is 3. The quantitative estimate of drug-likeness (QED) is 0.855. The fourth-order valence-electron chi connectivity index (χ4n) is 1.45. The Kier molecular flexibility index (Phi) is 6.39. The maximum Gasteiger partial charge on any atom is 0.407 e. The minimum atomic E-state index is -0.395. The van der Waals surface area contributed by atoms with Gasteiger partial charge in [-0.1, -0.05) is 23.9 Å². The number of hydrogen-bond acceptors (Lipinski definition) is 5. The average molecular weight is 287 g/mol. The summed E-state index contributed by atoms with van der Waals surface area (Å²) in [4.78, 5) is 10.8. The van der Waals surface area contributed by atoms with Crippen LogP contribution in [0.15, 0.2) is 24.3 Å². The monoisotopic (exact) mass is 287 g/mol. The lowest BCUT2D eigenvalue weighted by molar-refractivity contribution is 0.103. The first-order chi connectivity index (χ1) is 8.79. The fraction of sp³-hybridized carbons (Fsp3) is 0.364. The molecule has 1 heterocycles. The third-order valence-corrected chi connectivity index (χ3v) is 2.24. The summed E-state index contributed by atoms with van der Waals surface area (Å²) in [5.74, 6) is 1.31. The molecular weight excluding hydrogens is 273 g/mol. The second-order valence-corrected chi connectivity index (χ2v) is 3.37. The van der Waals surface area contributed by atoms with E-state index in [9.17, 15) is 4.79 Å². The van der Waals surface area contributed by atoms with Crippen LogP contribution in [0, 0.1) is 0 Å². The van der Waals surface area contributed by atoms with Crippen LogP contribution in [0.1, 0.15) is 0 Å². The number of para-hydroxylation sites is 2. The number of amides is 1. The molecule has 2 rings (SSSR count). The molecule has 1 aliphatic heterocycles. The Morgan fingerprint density at radius 2 is 2.11 bits per heavy atom. The molecule has 1 saturated heterocycles. The standard InChI is InChI=1S/C11H13NO4.HPS/c1-14-9-4-2-3-5-10(9)15-7-8-6-12-11(13)16-8;1-2/h2-5,8H,6-7H2,1H3,(H,12,13);1H. The van der Waals surface area contributed by atoms with E-state index in [1.54, 1.807) is 7.11 Å². The summed E-state index contributed by atoms with van der Waals surface area (Å²) in [6, 6.07) is 7.34. The molecule has 1 aromatic rings. The third kappa shape index (κ3) is 4.13. The number of rotatable bonds is 4. The molecule has 18 heavy (non-hydrogen) atoms. The van der Waals surface area contributed by atoms with E-state index in [1.165, 1.54) is 0 Å². The van der Waals surface area contributed by atoms with Gasteiger partial charge >= 0.3 is 6.09 Å². The van der Waals surface area contributed by atoms with Gasteiger partial charge in [-0.25, -0.2) is 4.79 Å². The Bertz CT molecular complexity index is 404. The summed E-state index contributed by atoms with van der Waals surface area (Å²) in [5, 5.41) is 2.56. The van der Waals surface area contributed by atoms with Crippen LogP contribution in [-0.2, 0) is 16.5 Å². The lowest BCUT2D eigenvalue weighted by Crippen LogP contribution is -2.22. The smallest absolute Gasteiger partial charge is 0.407 e. The molecule has 1 amide bonds. The van der Waals surface area contributed by atoms with Gasteiger partial charge in [0, 0.05) is 0 Å². The van der Waals surface area contributed by atoms with E-state index in [0.29, 0.717) is 24.7 Å². The van der Waals surface area contributed by atoms with Crippen LogP contribution in [0.2, 0.25) is 0 Å². The second-order valence-electron chi connectivity index (χ2n) is 3.37. The molecule has 0 radical (unpaired) electrons. The second kappa shape index (κ2) is 7.84. The van der Waals surface area contributed by atoms with E-state index in [0.717, 1.165) is 0 Å². The van der Waals surface area contributed by atoms with E-state index in [2.05, 4.69) is 25.1 Å². The Labute approximate surface area is 113 Å². The highest BCUT2D eigenvalue weighted by Crippen LogP contribution is 2.26. The summed E-state index contributed by atoms with van der Waals surface area (Å²) >= 11 is 3.89. The predicted molar refractivity (Wildman–Crippen MR) is 72.4 cm³/mol. The Morgan fingerprint density at radius 1 is 1.44 bits per heavy atom. The van der Waals surface area contributed by atoms with Crippen LogP contribution >= 0.6 is 8.02 Å². The molecule has 0 aliphatic carbocycles. The highest BCUT2D eigenvalue weighted by Gasteiger charge is 2.23. The lowest BCUT2D eigenvalue weighted by atomic mass is 10.3. The van der Waals surface area contributed by atoms with Crippen molar-refractivity contribution in [2.24, 2.45) is 0 Å². The molecule has 0 bridgehead atoms. The van der Waals surface area contributed by atoms with Crippen molar-refractivity contribution in [3.8, 4) is 11.5 Å². The molecule has 1 aromatic carbocycles. The first-order valence-corrected chi connectivity index (χ1v) is 6.83. The van der Waals surface area contributed by atoms with Gasteiger partial charge in [-0.2, -0.15) is 0 Å². The minimum Gasteiger partial charge on any atom is -0.493 e. The maximum atomic E-state index is 10.8. The molecule has 98 valence electrons. The molecular formula is C11H14NO4PS. The number of alkyl carbamates (subject to hydrolysis) is 1. The van der Waals surface area contributed by atoms with Gasteiger partial charge in [0.05, 0.1) is 13.7 Å². The number of hydrogen-bond donors (Lipinski definition) is 1. The molecule has 1 atom stereocenters. The van der Waals surface area contributed by atoms with Crippen molar-refractivity contribution in [2.45, 2.75) is 6.10 Å². The SMILES string of the molecule is COc1ccccc1OCC1CNC(=O)O1.P=S. The van der Waals surface area contributed by atoms with Gasteiger partial charge in [-0.3, -0.25) is 0 Å². The summed E-state index contributed by atoms with van der Waals surface area (Å²) < 4.78 is 15.6.